The van der Waals surface area contributed by atoms with Gasteiger partial charge in [0.15, 0.2) is 0 Å². The number of amides is 1. The minimum atomic E-state index is -0.211. The van der Waals surface area contributed by atoms with Crippen LogP contribution in [0.25, 0.3) is 0 Å². The number of nitrogens with two attached hydrogens (primary N) is 1. The summed E-state index contributed by atoms with van der Waals surface area (Å²) < 4.78 is 5.20. The van der Waals surface area contributed by atoms with E-state index in [1.54, 1.807) is 4.90 Å². The van der Waals surface area contributed by atoms with Crippen LogP contribution in [0.3, 0.4) is 0 Å². The van der Waals surface area contributed by atoms with Crippen LogP contribution in [0.1, 0.15) is 32.6 Å². The molecule has 0 saturated heterocycles. The molecule has 1 aliphatic carbocycles. The molecule has 15 heavy (non-hydrogen) atoms. The lowest BCUT2D eigenvalue weighted by molar-refractivity contribution is -0.132. The second-order valence-electron chi connectivity index (χ2n) is 4.40. The predicted molar refractivity (Wildman–Crippen MR) is 59.5 cm³/mol. The normalized spacial score (nSPS) is 18.3. The number of hydrogen-bond donors (Lipinski definition) is 1. The van der Waals surface area contributed by atoms with E-state index in [1.807, 2.05) is 14.0 Å². The van der Waals surface area contributed by atoms with Gasteiger partial charge in [0.25, 0.3) is 0 Å². The first kappa shape index (κ1) is 12.5. The molecule has 0 unspecified atom stereocenters. The van der Waals surface area contributed by atoms with Gasteiger partial charge in [0.05, 0.1) is 6.61 Å². The first-order valence-electron chi connectivity index (χ1n) is 5.68. The van der Waals surface area contributed by atoms with Gasteiger partial charge in [0, 0.05) is 32.2 Å². The van der Waals surface area contributed by atoms with Gasteiger partial charge in [-0.25, -0.2) is 0 Å². The molecule has 0 aromatic carbocycles. The molecule has 0 aromatic heterocycles. The summed E-state index contributed by atoms with van der Waals surface area (Å²) in [6, 6.07) is 0. The van der Waals surface area contributed by atoms with E-state index in [0.29, 0.717) is 26.2 Å². The minimum absolute atomic E-state index is 0.136. The van der Waals surface area contributed by atoms with Crippen LogP contribution >= 0.6 is 0 Å². The van der Waals surface area contributed by atoms with Gasteiger partial charge in [-0.15, -0.1) is 0 Å². The lowest BCUT2D eigenvalue weighted by atomic mass is 9.75. The summed E-state index contributed by atoms with van der Waals surface area (Å²) in [6.45, 7) is 3.91. The lowest BCUT2D eigenvalue weighted by Gasteiger charge is -2.38. The fourth-order valence-electron chi connectivity index (χ4n) is 1.71. The molecule has 0 aliphatic heterocycles. The zero-order valence-corrected chi connectivity index (χ0v) is 9.79. The summed E-state index contributed by atoms with van der Waals surface area (Å²) in [5.41, 5.74) is 5.81. The topological polar surface area (TPSA) is 55.6 Å². The highest BCUT2D eigenvalue weighted by Crippen LogP contribution is 2.32. The van der Waals surface area contributed by atoms with Gasteiger partial charge in [-0.2, -0.15) is 0 Å². The summed E-state index contributed by atoms with van der Waals surface area (Å²) in [5, 5.41) is 0. The molecule has 1 saturated carbocycles. The zero-order chi connectivity index (χ0) is 11.3. The molecule has 0 heterocycles. The van der Waals surface area contributed by atoms with Crippen LogP contribution in [0, 0.1) is 0 Å². The quantitative estimate of drug-likeness (QED) is 0.664. The molecule has 0 aromatic rings. The molecule has 4 nitrogen and oxygen atoms in total. The molecule has 1 rings (SSSR count). The van der Waals surface area contributed by atoms with Crippen molar-refractivity contribution in [3.63, 3.8) is 0 Å². The van der Waals surface area contributed by atoms with Crippen LogP contribution in [0.15, 0.2) is 0 Å². The van der Waals surface area contributed by atoms with E-state index >= 15 is 0 Å². The van der Waals surface area contributed by atoms with Gasteiger partial charge in [-0.3, -0.25) is 4.79 Å². The molecular weight excluding hydrogens is 192 g/mol. The van der Waals surface area contributed by atoms with Crippen molar-refractivity contribution < 1.29 is 9.53 Å². The van der Waals surface area contributed by atoms with Crippen molar-refractivity contribution in [2.24, 2.45) is 5.73 Å². The van der Waals surface area contributed by atoms with Crippen molar-refractivity contribution >= 4 is 5.91 Å². The summed E-state index contributed by atoms with van der Waals surface area (Å²) in [5.74, 6) is 0.136. The summed E-state index contributed by atoms with van der Waals surface area (Å²) >= 11 is 0. The van der Waals surface area contributed by atoms with E-state index in [1.165, 1.54) is 0 Å². The summed E-state index contributed by atoms with van der Waals surface area (Å²) in [4.78, 5) is 13.4. The van der Waals surface area contributed by atoms with Gasteiger partial charge in [-0.05, 0) is 26.2 Å². The molecule has 2 N–H and O–H groups in total. The third-order valence-electron chi connectivity index (χ3n) is 3.05. The van der Waals surface area contributed by atoms with E-state index in [0.717, 1.165) is 19.3 Å². The Balaban J connectivity index is 2.20. The minimum Gasteiger partial charge on any atom is -0.380 e. The Bertz CT molecular complexity index is 215. The fraction of sp³-hybridized carbons (Fsp3) is 0.909. The monoisotopic (exact) mass is 214 g/mol. The first-order valence-corrected chi connectivity index (χ1v) is 5.68. The highest BCUT2D eigenvalue weighted by atomic mass is 16.5. The van der Waals surface area contributed by atoms with Gasteiger partial charge < -0.3 is 15.4 Å². The third-order valence-corrected chi connectivity index (χ3v) is 3.05. The van der Waals surface area contributed by atoms with Gasteiger partial charge in [-0.1, -0.05) is 0 Å². The maximum atomic E-state index is 11.7. The molecular formula is C11H22N2O2. The number of likely N-dealkylation sites (N-methyl/N-ethyl adjacent to an activating group) is 1. The number of rotatable bonds is 6. The van der Waals surface area contributed by atoms with E-state index < -0.39 is 0 Å². The van der Waals surface area contributed by atoms with Crippen LogP contribution in [-0.4, -0.2) is 43.2 Å². The molecule has 0 spiro atoms. The van der Waals surface area contributed by atoms with E-state index in [4.69, 9.17) is 10.5 Å². The second kappa shape index (κ2) is 5.47. The largest absolute Gasteiger partial charge is 0.380 e. The maximum absolute atomic E-state index is 11.7. The zero-order valence-electron chi connectivity index (χ0n) is 9.79. The molecule has 1 amide bonds. The molecule has 0 radical (unpaired) electrons. The molecule has 1 aliphatic rings. The van der Waals surface area contributed by atoms with Crippen molar-refractivity contribution in [2.75, 3.05) is 26.8 Å². The Morgan fingerprint density at radius 1 is 1.53 bits per heavy atom. The Hall–Kier alpha value is -0.610. The van der Waals surface area contributed by atoms with Crippen molar-refractivity contribution in [3.8, 4) is 0 Å². The highest BCUT2D eigenvalue weighted by Gasteiger charge is 2.35. The van der Waals surface area contributed by atoms with Crippen LogP contribution in [0.4, 0.5) is 0 Å². The second-order valence-corrected chi connectivity index (χ2v) is 4.40. The standard InChI is InChI=1S/C11H22N2O2/c1-3-15-8-7-13(2)10(14)9-11(12)5-4-6-11/h3-9,12H2,1-2H3. The Kier molecular flexibility index (Phi) is 4.54. The number of hydrogen-bond acceptors (Lipinski definition) is 3. The maximum Gasteiger partial charge on any atom is 0.224 e. The van der Waals surface area contributed by atoms with Crippen molar-refractivity contribution in [1.29, 1.82) is 0 Å². The van der Waals surface area contributed by atoms with Crippen LogP contribution in [0.2, 0.25) is 0 Å². The van der Waals surface area contributed by atoms with Crippen molar-refractivity contribution in [2.45, 2.75) is 38.1 Å². The van der Waals surface area contributed by atoms with Crippen LogP contribution in [0.5, 0.6) is 0 Å². The first-order chi connectivity index (χ1) is 7.07. The van der Waals surface area contributed by atoms with E-state index in [2.05, 4.69) is 0 Å². The SMILES string of the molecule is CCOCCN(C)C(=O)CC1(N)CCC1. The average molecular weight is 214 g/mol. The van der Waals surface area contributed by atoms with E-state index in [9.17, 15) is 4.79 Å². The molecule has 1 fully saturated rings. The number of nitrogens with zero attached hydrogens (tertiary/aromatic N) is 1. The summed E-state index contributed by atoms with van der Waals surface area (Å²) in [7, 11) is 1.81. The third kappa shape index (κ3) is 3.80. The molecule has 4 heteroatoms. The van der Waals surface area contributed by atoms with Gasteiger partial charge >= 0.3 is 0 Å². The average Bonchev–Trinajstić information content (AvgIpc) is 2.15. The van der Waals surface area contributed by atoms with Crippen LogP contribution < -0.4 is 5.73 Å². The number of carbonyl (C=O) groups excluding carboxylic acids is 1. The fourth-order valence-corrected chi connectivity index (χ4v) is 1.71. The highest BCUT2D eigenvalue weighted by molar-refractivity contribution is 5.77. The number of ether oxygens (including phenoxy) is 1. The van der Waals surface area contributed by atoms with Gasteiger partial charge in [0.1, 0.15) is 0 Å². The Morgan fingerprint density at radius 2 is 2.20 bits per heavy atom. The molecule has 0 bridgehead atoms. The Labute approximate surface area is 91.8 Å². The molecule has 0 atom stereocenters. The Morgan fingerprint density at radius 3 is 2.67 bits per heavy atom. The predicted octanol–water partition coefficient (Wildman–Crippen LogP) is 0.753. The van der Waals surface area contributed by atoms with E-state index in [-0.39, 0.29) is 11.4 Å². The smallest absolute Gasteiger partial charge is 0.224 e. The van der Waals surface area contributed by atoms with Crippen molar-refractivity contribution in [3.05, 3.63) is 0 Å². The summed E-state index contributed by atoms with van der Waals surface area (Å²) in [6.07, 6.45) is 3.61. The molecule has 88 valence electrons. The van der Waals surface area contributed by atoms with Gasteiger partial charge in [0.2, 0.25) is 5.91 Å². The van der Waals surface area contributed by atoms with Crippen molar-refractivity contribution in [1.82, 2.24) is 4.90 Å². The number of carbonyl (C=O) groups is 1. The lowest BCUT2D eigenvalue weighted by Crippen LogP contribution is -2.50. The van der Waals surface area contributed by atoms with Crippen LogP contribution in [-0.2, 0) is 9.53 Å².